The van der Waals surface area contributed by atoms with E-state index in [4.69, 9.17) is 4.74 Å². The summed E-state index contributed by atoms with van der Waals surface area (Å²) in [5, 5.41) is 14.9. The monoisotopic (exact) mass is 462 g/mol. The first-order chi connectivity index (χ1) is 16.5. The van der Waals surface area contributed by atoms with E-state index in [0.717, 1.165) is 47.9 Å². The molecule has 3 N–H and O–H groups in total. The summed E-state index contributed by atoms with van der Waals surface area (Å²) in [6.45, 7) is 0.105. The van der Waals surface area contributed by atoms with Gasteiger partial charge in [-0.3, -0.25) is 9.59 Å². The van der Waals surface area contributed by atoms with Crippen molar-refractivity contribution in [1.82, 2.24) is 10.6 Å². The van der Waals surface area contributed by atoms with Crippen LogP contribution in [0.2, 0.25) is 0 Å². The van der Waals surface area contributed by atoms with E-state index in [0.29, 0.717) is 11.8 Å². The molecule has 7 heteroatoms. The molecule has 0 saturated heterocycles. The van der Waals surface area contributed by atoms with Gasteiger partial charge in [0.2, 0.25) is 5.91 Å². The van der Waals surface area contributed by atoms with Gasteiger partial charge in [0.25, 0.3) is 0 Å². The minimum atomic E-state index is -1.17. The molecule has 2 unspecified atom stereocenters. The minimum Gasteiger partial charge on any atom is -0.481 e. The van der Waals surface area contributed by atoms with E-state index in [1.54, 1.807) is 0 Å². The molecule has 2 aromatic carbocycles. The maximum absolute atomic E-state index is 12.9. The van der Waals surface area contributed by atoms with Crippen molar-refractivity contribution in [3.63, 3.8) is 0 Å². The number of benzene rings is 2. The Morgan fingerprint density at radius 1 is 0.882 bits per heavy atom. The first-order valence-electron chi connectivity index (χ1n) is 12.1. The molecule has 0 aliphatic heterocycles. The smallest absolute Gasteiger partial charge is 0.407 e. The van der Waals surface area contributed by atoms with Crippen molar-refractivity contribution in [2.24, 2.45) is 11.8 Å². The van der Waals surface area contributed by atoms with Crippen molar-refractivity contribution < 1.29 is 24.2 Å². The van der Waals surface area contributed by atoms with Crippen LogP contribution in [-0.2, 0) is 14.3 Å². The quantitative estimate of drug-likeness (QED) is 0.521. The number of hydrogen-bond acceptors (Lipinski definition) is 4. The van der Waals surface area contributed by atoms with Gasteiger partial charge in [-0.2, -0.15) is 0 Å². The van der Waals surface area contributed by atoms with Crippen molar-refractivity contribution in [2.45, 2.75) is 56.5 Å². The lowest BCUT2D eigenvalue weighted by molar-refractivity contribution is -0.140. The number of nitrogens with one attached hydrogen (secondary N) is 2. The summed E-state index contributed by atoms with van der Waals surface area (Å²) in [6, 6.07) is 15.0. The van der Waals surface area contributed by atoms with Crippen LogP contribution in [0.15, 0.2) is 48.5 Å². The van der Waals surface area contributed by atoms with Crippen LogP contribution >= 0.6 is 0 Å². The average Bonchev–Trinajstić information content (AvgIpc) is 3.58. The summed E-state index contributed by atoms with van der Waals surface area (Å²) in [5.41, 5.74) is 4.42. The summed E-state index contributed by atoms with van der Waals surface area (Å²) < 4.78 is 5.52. The second-order valence-corrected chi connectivity index (χ2v) is 9.68. The molecule has 0 radical (unpaired) electrons. The van der Waals surface area contributed by atoms with E-state index < -0.39 is 30.4 Å². The number of carboxylic acid groups (broad SMARTS) is 1. The number of fused-ring (bicyclic) bond motifs is 3. The molecule has 0 spiro atoms. The lowest BCUT2D eigenvalue weighted by Gasteiger charge is -2.35. The third-order valence-electron chi connectivity index (χ3n) is 7.43. The molecule has 2 fully saturated rings. The molecular weight excluding hydrogens is 432 g/mol. The van der Waals surface area contributed by atoms with Gasteiger partial charge < -0.3 is 20.5 Å². The van der Waals surface area contributed by atoms with Crippen molar-refractivity contribution in [3.05, 3.63) is 59.7 Å². The number of carbonyl (C=O) groups is 3. The van der Waals surface area contributed by atoms with Gasteiger partial charge in [-0.25, -0.2) is 4.79 Å². The molecule has 7 nitrogen and oxygen atoms in total. The molecule has 5 rings (SSSR count). The van der Waals surface area contributed by atoms with E-state index in [1.165, 1.54) is 6.42 Å². The second-order valence-electron chi connectivity index (χ2n) is 9.68. The van der Waals surface area contributed by atoms with Crippen LogP contribution in [0.25, 0.3) is 11.1 Å². The Morgan fingerprint density at radius 3 is 2.00 bits per heavy atom. The van der Waals surface area contributed by atoms with Crippen molar-refractivity contribution in [3.8, 4) is 11.1 Å². The van der Waals surface area contributed by atoms with Crippen molar-refractivity contribution in [1.29, 1.82) is 0 Å². The molecule has 2 aromatic rings. The number of rotatable bonds is 9. The maximum Gasteiger partial charge on any atom is 0.407 e. The van der Waals surface area contributed by atoms with Gasteiger partial charge in [0, 0.05) is 12.0 Å². The Balaban J connectivity index is 1.23. The molecular formula is C27H30N2O5. The predicted octanol–water partition coefficient (Wildman–Crippen LogP) is 4.06. The Hall–Kier alpha value is -3.35. The fraction of sp³-hybridized carbons (Fsp3) is 0.444. The zero-order valence-electron chi connectivity index (χ0n) is 19.0. The summed E-state index contributed by atoms with van der Waals surface area (Å²) in [6.07, 6.45) is 4.25. The van der Waals surface area contributed by atoms with Crippen LogP contribution < -0.4 is 10.6 Å². The van der Waals surface area contributed by atoms with Gasteiger partial charge in [0.05, 0.1) is 6.42 Å². The number of ether oxygens (including phenoxy) is 1. The predicted molar refractivity (Wildman–Crippen MR) is 126 cm³/mol. The first-order valence-corrected chi connectivity index (χ1v) is 12.1. The maximum atomic E-state index is 12.9. The summed E-state index contributed by atoms with van der Waals surface area (Å²) >= 11 is 0. The summed E-state index contributed by atoms with van der Waals surface area (Å²) in [5.74, 6) is -0.779. The topological polar surface area (TPSA) is 105 Å². The highest BCUT2D eigenvalue weighted by Crippen LogP contribution is 2.44. The van der Waals surface area contributed by atoms with Crippen LogP contribution in [0.3, 0.4) is 0 Å². The van der Waals surface area contributed by atoms with Gasteiger partial charge >= 0.3 is 12.1 Å². The van der Waals surface area contributed by atoms with Gasteiger partial charge in [0.1, 0.15) is 12.6 Å². The normalized spacial score (nSPS) is 18.7. The van der Waals surface area contributed by atoms with Gasteiger partial charge in [-0.15, -0.1) is 0 Å². The molecule has 3 aliphatic rings. The highest BCUT2D eigenvalue weighted by molar-refractivity contribution is 5.89. The van der Waals surface area contributed by atoms with Crippen LogP contribution in [0, 0.1) is 11.8 Å². The molecule has 0 bridgehead atoms. The fourth-order valence-corrected chi connectivity index (χ4v) is 5.31. The van der Waals surface area contributed by atoms with Gasteiger partial charge in [-0.05, 0) is 59.8 Å². The number of carbonyl (C=O) groups excluding carboxylic acids is 2. The Labute approximate surface area is 198 Å². The first kappa shape index (κ1) is 22.4. The Morgan fingerprint density at radius 2 is 1.47 bits per heavy atom. The third kappa shape index (κ3) is 4.65. The molecule has 0 aromatic heterocycles. The summed E-state index contributed by atoms with van der Waals surface area (Å²) in [7, 11) is 0. The highest BCUT2D eigenvalue weighted by Gasteiger charge is 2.41. The molecule has 2 amide bonds. The number of amides is 2. The van der Waals surface area contributed by atoms with E-state index in [2.05, 4.69) is 22.8 Å². The van der Waals surface area contributed by atoms with E-state index in [1.807, 2.05) is 36.4 Å². The van der Waals surface area contributed by atoms with Crippen LogP contribution in [0.1, 0.15) is 55.6 Å². The number of hydrogen-bond donors (Lipinski definition) is 3. The lowest BCUT2D eigenvalue weighted by Crippen LogP contribution is -2.53. The van der Waals surface area contributed by atoms with Crippen molar-refractivity contribution in [2.75, 3.05) is 6.61 Å². The molecule has 34 heavy (non-hydrogen) atoms. The molecule has 2 atom stereocenters. The van der Waals surface area contributed by atoms with E-state index >= 15 is 0 Å². The largest absolute Gasteiger partial charge is 0.481 e. The van der Waals surface area contributed by atoms with Crippen LogP contribution in [-0.4, -0.2) is 41.8 Å². The SMILES string of the molecule is O=C(O)CC(NC(=O)OCC1c2ccccc2-c2ccccc21)C(=O)NC(C1CCC1)C1CC1. The third-order valence-corrected chi connectivity index (χ3v) is 7.43. The number of alkyl carbamates (subject to hydrolysis) is 1. The molecule has 178 valence electrons. The Bertz CT molecular complexity index is 1050. The standard InChI is InChI=1S/C27H30N2O5/c30-24(31)14-23(26(32)29-25(17-12-13-17)16-6-5-7-16)28-27(33)34-15-22-20-10-3-1-8-18(20)19-9-2-4-11-21(19)22/h1-4,8-11,16-17,22-23,25H,5-7,12-15H2,(H,28,33)(H,29,32)(H,30,31). The fourth-order valence-electron chi connectivity index (χ4n) is 5.31. The zero-order chi connectivity index (χ0) is 23.7. The van der Waals surface area contributed by atoms with Crippen molar-refractivity contribution >= 4 is 18.0 Å². The lowest BCUT2D eigenvalue weighted by atomic mass is 9.78. The molecule has 2 saturated carbocycles. The summed E-state index contributed by atoms with van der Waals surface area (Å²) in [4.78, 5) is 37.0. The second kappa shape index (κ2) is 9.49. The van der Waals surface area contributed by atoms with Crippen LogP contribution in [0.4, 0.5) is 4.79 Å². The Kier molecular flexibility index (Phi) is 6.26. The molecule has 0 heterocycles. The van der Waals surface area contributed by atoms with E-state index in [9.17, 15) is 19.5 Å². The van der Waals surface area contributed by atoms with E-state index in [-0.39, 0.29) is 18.6 Å². The number of aliphatic carboxylic acids is 1. The zero-order valence-corrected chi connectivity index (χ0v) is 19.0. The van der Waals surface area contributed by atoms with Gasteiger partial charge in [0.15, 0.2) is 0 Å². The number of carboxylic acids is 1. The average molecular weight is 463 g/mol. The minimum absolute atomic E-state index is 0.0712. The van der Waals surface area contributed by atoms with Gasteiger partial charge in [-0.1, -0.05) is 55.0 Å². The molecule has 3 aliphatic carbocycles. The highest BCUT2D eigenvalue weighted by atomic mass is 16.5. The van der Waals surface area contributed by atoms with Crippen LogP contribution in [0.5, 0.6) is 0 Å².